The summed E-state index contributed by atoms with van der Waals surface area (Å²) in [6.07, 6.45) is 0. The second-order valence-electron chi connectivity index (χ2n) is 5.50. The zero-order chi connectivity index (χ0) is 16.9. The van der Waals surface area contributed by atoms with Crippen LogP contribution in [0.2, 0.25) is 0 Å². The van der Waals surface area contributed by atoms with Crippen LogP contribution in [-0.4, -0.2) is 5.91 Å². The Bertz CT molecular complexity index is 860. The second kappa shape index (κ2) is 6.96. The van der Waals surface area contributed by atoms with E-state index >= 15 is 0 Å². The zero-order valence-electron chi connectivity index (χ0n) is 13.2. The molecule has 0 aliphatic heterocycles. The summed E-state index contributed by atoms with van der Waals surface area (Å²) in [5, 5.41) is 6.10. The van der Waals surface area contributed by atoms with Gasteiger partial charge in [-0.1, -0.05) is 35.9 Å². The molecule has 1 amide bonds. The van der Waals surface area contributed by atoms with E-state index in [0.717, 1.165) is 11.4 Å². The maximum Gasteiger partial charge on any atom is 0.255 e. The number of hydrogen-bond donors (Lipinski definition) is 2. The Kier molecular flexibility index (Phi) is 4.57. The molecule has 0 heterocycles. The van der Waals surface area contributed by atoms with Crippen molar-refractivity contribution < 1.29 is 9.18 Å². The van der Waals surface area contributed by atoms with E-state index in [1.54, 1.807) is 12.1 Å². The van der Waals surface area contributed by atoms with Crippen molar-refractivity contribution in [1.82, 2.24) is 0 Å². The summed E-state index contributed by atoms with van der Waals surface area (Å²) in [6, 6.07) is 21.0. The minimum absolute atomic E-state index is 0.278. The minimum atomic E-state index is -0.436. The Hall–Kier alpha value is -3.14. The first-order chi connectivity index (χ1) is 11.6. The van der Waals surface area contributed by atoms with Crippen molar-refractivity contribution in [3.05, 3.63) is 89.7 Å². The highest BCUT2D eigenvalue weighted by atomic mass is 19.1. The Morgan fingerprint density at radius 1 is 0.875 bits per heavy atom. The Morgan fingerprint density at radius 3 is 2.29 bits per heavy atom. The maximum atomic E-state index is 13.3. The summed E-state index contributed by atoms with van der Waals surface area (Å²) in [7, 11) is 0. The van der Waals surface area contributed by atoms with E-state index in [4.69, 9.17) is 0 Å². The number of carbonyl (C=O) groups is 1. The molecule has 0 bridgehead atoms. The second-order valence-corrected chi connectivity index (χ2v) is 5.50. The lowest BCUT2D eigenvalue weighted by Crippen LogP contribution is -2.13. The molecule has 3 rings (SSSR count). The lowest BCUT2D eigenvalue weighted by molar-refractivity contribution is 0.102. The van der Waals surface area contributed by atoms with Crippen molar-refractivity contribution in [3.63, 3.8) is 0 Å². The first-order valence-electron chi connectivity index (χ1n) is 7.61. The predicted octanol–water partition coefficient (Wildman–Crippen LogP) is 5.13. The van der Waals surface area contributed by atoms with Crippen LogP contribution in [0.1, 0.15) is 15.9 Å². The molecule has 0 radical (unpaired) electrons. The van der Waals surface area contributed by atoms with Crippen LogP contribution in [0.15, 0.2) is 72.8 Å². The Labute approximate surface area is 140 Å². The van der Waals surface area contributed by atoms with Crippen LogP contribution in [0, 0.1) is 12.7 Å². The summed E-state index contributed by atoms with van der Waals surface area (Å²) >= 11 is 0. The Morgan fingerprint density at radius 2 is 1.58 bits per heavy atom. The third kappa shape index (κ3) is 3.79. The molecule has 0 saturated carbocycles. The van der Waals surface area contributed by atoms with Crippen LogP contribution in [0.5, 0.6) is 0 Å². The molecule has 4 heteroatoms. The normalized spacial score (nSPS) is 10.2. The molecule has 0 fully saturated rings. The lowest BCUT2D eigenvalue weighted by Gasteiger charge is -2.13. The fourth-order valence-corrected chi connectivity index (χ4v) is 2.32. The number of para-hydroxylation sites is 2. The standard InChI is InChI=1S/C20H17FN2O/c1-14-9-11-17(12-10-14)22-18-7-2-3-8-19(18)23-20(24)15-5-4-6-16(21)13-15/h2-13,22H,1H3,(H,23,24). The van der Waals surface area contributed by atoms with Crippen LogP contribution in [0.3, 0.4) is 0 Å². The quantitative estimate of drug-likeness (QED) is 0.699. The van der Waals surface area contributed by atoms with Crippen molar-refractivity contribution in [1.29, 1.82) is 0 Å². The highest BCUT2D eigenvalue weighted by Gasteiger charge is 2.09. The summed E-state index contributed by atoms with van der Waals surface area (Å²) in [5.41, 5.74) is 3.78. The molecule has 0 unspecified atom stereocenters. The first kappa shape index (κ1) is 15.7. The number of aryl methyl sites for hydroxylation is 1. The van der Waals surface area contributed by atoms with Crippen LogP contribution in [0.25, 0.3) is 0 Å². The van der Waals surface area contributed by atoms with Crippen molar-refractivity contribution >= 4 is 23.0 Å². The monoisotopic (exact) mass is 320 g/mol. The molecule has 0 saturated heterocycles. The Balaban J connectivity index is 1.81. The topological polar surface area (TPSA) is 41.1 Å². The third-order valence-electron chi connectivity index (χ3n) is 3.59. The highest BCUT2D eigenvalue weighted by Crippen LogP contribution is 2.26. The highest BCUT2D eigenvalue weighted by molar-refractivity contribution is 6.06. The minimum Gasteiger partial charge on any atom is -0.354 e. The van der Waals surface area contributed by atoms with E-state index in [2.05, 4.69) is 10.6 Å². The van der Waals surface area contributed by atoms with Gasteiger partial charge in [0.1, 0.15) is 5.82 Å². The summed E-state index contributed by atoms with van der Waals surface area (Å²) in [4.78, 5) is 12.3. The van der Waals surface area contributed by atoms with Crippen LogP contribution in [0.4, 0.5) is 21.5 Å². The van der Waals surface area contributed by atoms with E-state index in [-0.39, 0.29) is 11.5 Å². The summed E-state index contributed by atoms with van der Waals surface area (Å²) < 4.78 is 13.3. The summed E-state index contributed by atoms with van der Waals surface area (Å²) in [5.74, 6) is -0.790. The van der Waals surface area contributed by atoms with Crippen LogP contribution >= 0.6 is 0 Å². The number of hydrogen-bond acceptors (Lipinski definition) is 2. The number of rotatable bonds is 4. The number of carbonyl (C=O) groups excluding carboxylic acids is 1. The SMILES string of the molecule is Cc1ccc(Nc2ccccc2NC(=O)c2cccc(F)c2)cc1. The molecule has 3 aromatic rings. The predicted molar refractivity (Wildman–Crippen MR) is 95.3 cm³/mol. The number of benzene rings is 3. The van der Waals surface area contributed by atoms with E-state index < -0.39 is 5.82 Å². The van der Waals surface area contributed by atoms with Gasteiger partial charge < -0.3 is 10.6 Å². The van der Waals surface area contributed by atoms with Gasteiger partial charge in [-0.05, 0) is 49.4 Å². The van der Waals surface area contributed by atoms with Crippen molar-refractivity contribution in [2.45, 2.75) is 6.92 Å². The van der Waals surface area contributed by atoms with E-state index in [1.165, 1.54) is 23.8 Å². The molecule has 0 aliphatic rings. The molecule has 3 nitrogen and oxygen atoms in total. The fourth-order valence-electron chi connectivity index (χ4n) is 2.32. The van der Waals surface area contributed by atoms with Gasteiger partial charge in [0, 0.05) is 11.3 Å². The molecular formula is C20H17FN2O. The first-order valence-corrected chi connectivity index (χ1v) is 7.61. The molecule has 120 valence electrons. The van der Waals surface area contributed by atoms with Gasteiger partial charge >= 0.3 is 0 Å². The van der Waals surface area contributed by atoms with Crippen molar-refractivity contribution in [2.75, 3.05) is 10.6 Å². The van der Waals surface area contributed by atoms with Gasteiger partial charge in [-0.25, -0.2) is 4.39 Å². The van der Waals surface area contributed by atoms with E-state index in [1.807, 2.05) is 49.4 Å². The molecule has 0 atom stereocenters. The molecule has 0 aliphatic carbocycles. The van der Waals surface area contributed by atoms with Crippen LogP contribution in [-0.2, 0) is 0 Å². The maximum absolute atomic E-state index is 13.3. The number of amides is 1. The van der Waals surface area contributed by atoms with Gasteiger partial charge in [-0.15, -0.1) is 0 Å². The van der Waals surface area contributed by atoms with Gasteiger partial charge in [-0.2, -0.15) is 0 Å². The third-order valence-corrected chi connectivity index (χ3v) is 3.59. The van der Waals surface area contributed by atoms with E-state index in [0.29, 0.717) is 5.69 Å². The van der Waals surface area contributed by atoms with Gasteiger partial charge in [0.25, 0.3) is 5.91 Å². The smallest absolute Gasteiger partial charge is 0.255 e. The number of halogens is 1. The molecule has 2 N–H and O–H groups in total. The van der Waals surface area contributed by atoms with Gasteiger partial charge in [0.2, 0.25) is 0 Å². The summed E-state index contributed by atoms with van der Waals surface area (Å²) in [6.45, 7) is 2.02. The van der Waals surface area contributed by atoms with Crippen molar-refractivity contribution in [3.8, 4) is 0 Å². The van der Waals surface area contributed by atoms with Gasteiger partial charge in [0.15, 0.2) is 0 Å². The molecule has 24 heavy (non-hydrogen) atoms. The number of anilines is 3. The van der Waals surface area contributed by atoms with Crippen LogP contribution < -0.4 is 10.6 Å². The largest absolute Gasteiger partial charge is 0.354 e. The van der Waals surface area contributed by atoms with E-state index in [9.17, 15) is 9.18 Å². The number of nitrogens with one attached hydrogen (secondary N) is 2. The average Bonchev–Trinajstić information content (AvgIpc) is 2.58. The average molecular weight is 320 g/mol. The zero-order valence-corrected chi connectivity index (χ0v) is 13.2. The fraction of sp³-hybridized carbons (Fsp3) is 0.0500. The molecular weight excluding hydrogens is 303 g/mol. The lowest BCUT2D eigenvalue weighted by atomic mass is 10.2. The van der Waals surface area contributed by atoms with Gasteiger partial charge in [0.05, 0.1) is 11.4 Å². The van der Waals surface area contributed by atoms with Gasteiger partial charge in [-0.3, -0.25) is 4.79 Å². The molecule has 0 spiro atoms. The van der Waals surface area contributed by atoms with Crippen molar-refractivity contribution in [2.24, 2.45) is 0 Å². The molecule has 0 aromatic heterocycles. The molecule has 3 aromatic carbocycles.